The van der Waals surface area contributed by atoms with E-state index in [1.165, 1.54) is 0 Å². The molecular formula is C22H19NO5. The summed E-state index contributed by atoms with van der Waals surface area (Å²) in [5.41, 5.74) is 1.29. The van der Waals surface area contributed by atoms with Crippen molar-refractivity contribution in [3.8, 4) is 17.2 Å². The number of fused-ring (bicyclic) bond motifs is 1. The number of ketones is 1. The Balaban J connectivity index is 1.65. The molecule has 0 aromatic heterocycles. The molecule has 1 aliphatic carbocycles. The van der Waals surface area contributed by atoms with E-state index in [1.54, 1.807) is 49.6 Å². The summed E-state index contributed by atoms with van der Waals surface area (Å²) in [7, 11) is 1.57. The summed E-state index contributed by atoms with van der Waals surface area (Å²) < 4.78 is 11.0. The number of imide groups is 1. The van der Waals surface area contributed by atoms with Crippen LogP contribution in [0, 0.1) is 0 Å². The molecule has 1 heterocycles. The predicted molar refractivity (Wildman–Crippen MR) is 102 cm³/mol. The van der Waals surface area contributed by atoms with Crippen LogP contribution in [-0.4, -0.2) is 35.6 Å². The maximum atomic E-state index is 13.1. The van der Waals surface area contributed by atoms with E-state index in [4.69, 9.17) is 9.47 Å². The molecule has 2 aromatic carbocycles. The lowest BCUT2D eigenvalue weighted by atomic mass is 9.89. The third-order valence-electron chi connectivity index (χ3n) is 5.07. The Bertz CT molecular complexity index is 992. The van der Waals surface area contributed by atoms with Crippen molar-refractivity contribution in [1.82, 2.24) is 4.90 Å². The molecule has 1 fully saturated rings. The molecule has 0 radical (unpaired) electrons. The lowest BCUT2D eigenvalue weighted by Crippen LogP contribution is -2.46. The van der Waals surface area contributed by atoms with Gasteiger partial charge in [-0.2, -0.15) is 0 Å². The van der Waals surface area contributed by atoms with Gasteiger partial charge in [0.1, 0.15) is 17.2 Å². The van der Waals surface area contributed by atoms with E-state index in [0.29, 0.717) is 24.3 Å². The Morgan fingerprint density at radius 2 is 1.71 bits per heavy atom. The summed E-state index contributed by atoms with van der Waals surface area (Å²) in [6.07, 6.45) is 1.24. The van der Waals surface area contributed by atoms with Crippen molar-refractivity contribution in [3.63, 3.8) is 0 Å². The SMILES string of the molecule is C=C1CCC(N2C(=O)c3cccc(Oc4ccc(OC)cc4)c3C2=O)C(=O)C1. The van der Waals surface area contributed by atoms with Crippen molar-refractivity contribution >= 4 is 17.6 Å². The van der Waals surface area contributed by atoms with E-state index in [1.807, 2.05) is 0 Å². The Hall–Kier alpha value is -3.41. The number of Topliss-reactive ketones (excluding diaryl/α,β-unsaturated/α-hetero) is 1. The zero-order valence-electron chi connectivity index (χ0n) is 15.4. The van der Waals surface area contributed by atoms with Crippen LogP contribution in [0.2, 0.25) is 0 Å². The van der Waals surface area contributed by atoms with E-state index < -0.39 is 17.9 Å². The van der Waals surface area contributed by atoms with Crippen LogP contribution in [0.1, 0.15) is 40.0 Å². The van der Waals surface area contributed by atoms with Crippen molar-refractivity contribution in [2.24, 2.45) is 0 Å². The van der Waals surface area contributed by atoms with Gasteiger partial charge in [0.15, 0.2) is 5.78 Å². The molecule has 2 amide bonds. The molecule has 6 heteroatoms. The number of methoxy groups -OCH3 is 1. The van der Waals surface area contributed by atoms with Gasteiger partial charge in [0.25, 0.3) is 11.8 Å². The van der Waals surface area contributed by atoms with E-state index in [2.05, 4.69) is 6.58 Å². The standard InChI is InChI=1S/C22H19NO5/c1-13-6-11-17(18(24)12-13)23-21(25)16-4-3-5-19(20(16)22(23)26)28-15-9-7-14(27-2)8-10-15/h3-5,7-10,17H,1,6,11-12H2,2H3. The topological polar surface area (TPSA) is 72.9 Å². The number of ether oxygens (including phenoxy) is 2. The van der Waals surface area contributed by atoms with Gasteiger partial charge in [-0.25, -0.2) is 0 Å². The summed E-state index contributed by atoms with van der Waals surface area (Å²) in [6, 6.07) is 11.1. The van der Waals surface area contributed by atoms with Gasteiger partial charge in [0.2, 0.25) is 0 Å². The molecule has 2 aromatic rings. The summed E-state index contributed by atoms with van der Waals surface area (Å²) in [5.74, 6) is 0.388. The first kappa shape index (κ1) is 18.0. The van der Waals surface area contributed by atoms with Crippen molar-refractivity contribution in [2.45, 2.75) is 25.3 Å². The molecule has 0 bridgehead atoms. The first-order valence-electron chi connectivity index (χ1n) is 9.01. The van der Waals surface area contributed by atoms with Crippen LogP contribution in [-0.2, 0) is 4.79 Å². The second-order valence-electron chi connectivity index (χ2n) is 6.88. The third kappa shape index (κ3) is 2.97. The normalized spacial score (nSPS) is 19.0. The van der Waals surface area contributed by atoms with Gasteiger partial charge in [0.05, 0.1) is 24.3 Å². The lowest BCUT2D eigenvalue weighted by molar-refractivity contribution is -0.123. The highest BCUT2D eigenvalue weighted by Gasteiger charge is 2.45. The lowest BCUT2D eigenvalue weighted by Gasteiger charge is -2.29. The largest absolute Gasteiger partial charge is 0.497 e. The number of amides is 2. The minimum Gasteiger partial charge on any atom is -0.497 e. The molecule has 142 valence electrons. The van der Waals surface area contributed by atoms with Gasteiger partial charge in [-0.3, -0.25) is 19.3 Å². The van der Waals surface area contributed by atoms with E-state index in [-0.39, 0.29) is 29.1 Å². The Kier molecular flexibility index (Phi) is 4.47. The molecule has 1 saturated carbocycles. The first-order valence-corrected chi connectivity index (χ1v) is 9.01. The number of rotatable bonds is 4. The fraction of sp³-hybridized carbons (Fsp3) is 0.227. The second-order valence-corrected chi connectivity index (χ2v) is 6.88. The van der Waals surface area contributed by atoms with Gasteiger partial charge in [0, 0.05) is 6.42 Å². The number of allylic oxidation sites excluding steroid dienone is 1. The molecule has 0 saturated heterocycles. The number of benzene rings is 2. The average Bonchev–Trinajstić information content (AvgIpc) is 2.94. The van der Waals surface area contributed by atoms with Crippen LogP contribution in [0.15, 0.2) is 54.6 Å². The smallest absolute Gasteiger partial charge is 0.266 e. The fourth-order valence-corrected chi connectivity index (χ4v) is 3.64. The van der Waals surface area contributed by atoms with Crippen LogP contribution in [0.5, 0.6) is 17.2 Å². The molecule has 0 N–H and O–H groups in total. The second kappa shape index (κ2) is 6.96. The van der Waals surface area contributed by atoms with Crippen LogP contribution in [0.3, 0.4) is 0 Å². The number of nitrogens with zero attached hydrogens (tertiary/aromatic N) is 1. The number of carbonyl (C=O) groups is 3. The molecule has 1 atom stereocenters. The zero-order valence-corrected chi connectivity index (χ0v) is 15.4. The summed E-state index contributed by atoms with van der Waals surface area (Å²) >= 11 is 0. The molecule has 4 rings (SSSR count). The molecule has 1 aliphatic heterocycles. The average molecular weight is 377 g/mol. The number of hydrogen-bond acceptors (Lipinski definition) is 5. The van der Waals surface area contributed by atoms with Crippen LogP contribution in [0.25, 0.3) is 0 Å². The molecule has 0 spiro atoms. The van der Waals surface area contributed by atoms with Gasteiger partial charge in [-0.05, 0) is 49.2 Å². The Morgan fingerprint density at radius 1 is 1.00 bits per heavy atom. The van der Waals surface area contributed by atoms with E-state index >= 15 is 0 Å². The highest BCUT2D eigenvalue weighted by molar-refractivity contribution is 6.24. The van der Waals surface area contributed by atoms with Gasteiger partial charge < -0.3 is 9.47 Å². The summed E-state index contributed by atoms with van der Waals surface area (Å²) in [6.45, 7) is 3.84. The van der Waals surface area contributed by atoms with Gasteiger partial charge in [-0.15, -0.1) is 0 Å². The molecule has 6 nitrogen and oxygen atoms in total. The van der Waals surface area contributed by atoms with Crippen molar-refractivity contribution in [3.05, 3.63) is 65.7 Å². The highest BCUT2D eigenvalue weighted by atomic mass is 16.5. The number of carbonyl (C=O) groups excluding carboxylic acids is 3. The van der Waals surface area contributed by atoms with Crippen LogP contribution >= 0.6 is 0 Å². The van der Waals surface area contributed by atoms with Crippen molar-refractivity contribution in [2.75, 3.05) is 7.11 Å². The summed E-state index contributed by atoms with van der Waals surface area (Å²) in [4.78, 5) is 39.5. The maximum absolute atomic E-state index is 13.1. The highest BCUT2D eigenvalue weighted by Crippen LogP contribution is 2.37. The Morgan fingerprint density at radius 3 is 2.39 bits per heavy atom. The Labute approximate surface area is 162 Å². The fourth-order valence-electron chi connectivity index (χ4n) is 3.64. The minimum absolute atomic E-state index is 0.150. The van der Waals surface area contributed by atoms with E-state index in [0.717, 1.165) is 10.5 Å². The minimum atomic E-state index is -0.744. The molecule has 28 heavy (non-hydrogen) atoms. The number of hydrogen-bond donors (Lipinski definition) is 0. The van der Waals surface area contributed by atoms with Crippen molar-refractivity contribution in [1.29, 1.82) is 0 Å². The van der Waals surface area contributed by atoms with E-state index in [9.17, 15) is 14.4 Å². The van der Waals surface area contributed by atoms with Crippen LogP contribution < -0.4 is 9.47 Å². The third-order valence-corrected chi connectivity index (χ3v) is 5.07. The van der Waals surface area contributed by atoms with Crippen LogP contribution in [0.4, 0.5) is 0 Å². The molecule has 2 aliphatic rings. The predicted octanol–water partition coefficient (Wildman–Crippen LogP) is 3.76. The van der Waals surface area contributed by atoms with Gasteiger partial charge >= 0.3 is 0 Å². The maximum Gasteiger partial charge on any atom is 0.266 e. The summed E-state index contributed by atoms with van der Waals surface area (Å²) in [5, 5.41) is 0. The molecule has 1 unspecified atom stereocenters. The quantitative estimate of drug-likeness (QED) is 0.599. The van der Waals surface area contributed by atoms with Gasteiger partial charge in [-0.1, -0.05) is 18.2 Å². The zero-order chi connectivity index (χ0) is 19.8. The molecular weight excluding hydrogens is 358 g/mol. The van der Waals surface area contributed by atoms with Crippen molar-refractivity contribution < 1.29 is 23.9 Å². The monoisotopic (exact) mass is 377 g/mol. The first-order chi connectivity index (χ1) is 13.5.